The highest BCUT2D eigenvalue weighted by atomic mass is 16.6. The van der Waals surface area contributed by atoms with Crippen molar-refractivity contribution in [3.8, 4) is 0 Å². The molecule has 3 heterocycles. The van der Waals surface area contributed by atoms with Gasteiger partial charge >= 0.3 is 0 Å². The fraction of sp³-hybridized carbons (Fsp3) is 0.917. The van der Waals surface area contributed by atoms with Crippen molar-refractivity contribution in [3.05, 3.63) is 0 Å². The van der Waals surface area contributed by atoms with E-state index >= 15 is 0 Å². The molecule has 7 unspecified atom stereocenters. The first kappa shape index (κ1) is 16.0. The van der Waals surface area contributed by atoms with Crippen molar-refractivity contribution < 1.29 is 24.5 Å². The number of hydrogen-bond acceptors (Lipinski definition) is 9. The number of amides is 1. The van der Waals surface area contributed by atoms with Crippen LogP contribution in [0.1, 0.15) is 0 Å². The fourth-order valence-electron chi connectivity index (χ4n) is 3.27. The van der Waals surface area contributed by atoms with Gasteiger partial charge in [0.2, 0.25) is 5.91 Å². The van der Waals surface area contributed by atoms with Gasteiger partial charge in [-0.15, -0.1) is 0 Å². The number of fused-ring (bicyclic) bond motifs is 1. The van der Waals surface area contributed by atoms with Crippen LogP contribution in [-0.2, 0) is 14.3 Å². The molecule has 3 rings (SSSR count). The van der Waals surface area contributed by atoms with Gasteiger partial charge in [-0.3, -0.25) is 20.7 Å². The summed E-state index contributed by atoms with van der Waals surface area (Å²) < 4.78 is 11.1. The maximum absolute atomic E-state index is 12.1. The molecule has 6 N–H and O–H groups in total. The summed E-state index contributed by atoms with van der Waals surface area (Å²) in [6, 6.07) is -0.420. The Morgan fingerprint density at radius 2 is 2.32 bits per heavy atom. The van der Waals surface area contributed by atoms with Gasteiger partial charge in [0.25, 0.3) is 0 Å². The first-order valence-electron chi connectivity index (χ1n) is 7.30. The number of ether oxygens (including phenoxy) is 2. The van der Waals surface area contributed by atoms with Crippen LogP contribution in [0.25, 0.3) is 0 Å². The highest BCUT2D eigenvalue weighted by Crippen LogP contribution is 2.29. The number of carbonyl (C=O) groups excluding carboxylic acids is 1. The quantitative estimate of drug-likeness (QED) is 0.306. The Balaban J connectivity index is 1.78. The van der Waals surface area contributed by atoms with E-state index in [-0.39, 0.29) is 25.0 Å². The molecule has 3 aliphatic heterocycles. The van der Waals surface area contributed by atoms with Gasteiger partial charge in [-0.1, -0.05) is 0 Å². The van der Waals surface area contributed by atoms with Gasteiger partial charge < -0.3 is 25.0 Å². The third-order valence-corrected chi connectivity index (χ3v) is 4.45. The zero-order valence-corrected chi connectivity index (χ0v) is 12.5. The van der Waals surface area contributed by atoms with Crippen LogP contribution in [-0.4, -0.2) is 91.5 Å². The predicted molar refractivity (Wildman–Crippen MR) is 74.1 cm³/mol. The van der Waals surface area contributed by atoms with Gasteiger partial charge in [-0.2, -0.15) is 0 Å². The smallest absolute Gasteiger partial charge is 0.242 e. The molecule has 0 aromatic rings. The Labute approximate surface area is 128 Å². The number of nitrogens with zero attached hydrogens (tertiary/aromatic N) is 1. The third-order valence-electron chi connectivity index (χ3n) is 4.45. The largest absolute Gasteiger partial charge is 0.394 e. The van der Waals surface area contributed by atoms with Gasteiger partial charge in [0.15, 0.2) is 0 Å². The summed E-state index contributed by atoms with van der Waals surface area (Å²) in [6.07, 6.45) is -3.44. The highest BCUT2D eigenvalue weighted by Gasteiger charge is 2.53. The Bertz CT molecular complexity index is 427. The minimum absolute atomic E-state index is 0.114. The second-order valence-corrected chi connectivity index (χ2v) is 5.63. The first-order chi connectivity index (χ1) is 10.6. The monoisotopic (exact) mass is 317 g/mol. The van der Waals surface area contributed by atoms with Crippen LogP contribution < -0.4 is 21.3 Å². The molecule has 0 radical (unpaired) electrons. The predicted octanol–water partition coefficient (Wildman–Crippen LogP) is -4.14. The van der Waals surface area contributed by atoms with Gasteiger partial charge in [-0.25, -0.2) is 4.90 Å². The lowest BCUT2D eigenvalue weighted by Gasteiger charge is -2.39. The number of methoxy groups -OCH3 is 1. The van der Waals surface area contributed by atoms with Crippen molar-refractivity contribution in [3.63, 3.8) is 0 Å². The normalized spacial score (nSPS) is 45.8. The number of carbonyl (C=O) groups is 1. The zero-order valence-electron chi connectivity index (χ0n) is 12.5. The molecule has 3 saturated heterocycles. The van der Waals surface area contributed by atoms with Gasteiger partial charge in [0.1, 0.15) is 36.9 Å². The summed E-state index contributed by atoms with van der Waals surface area (Å²) >= 11 is 0. The molecule has 3 fully saturated rings. The Hall–Kier alpha value is -0.850. The van der Waals surface area contributed by atoms with Crippen molar-refractivity contribution in [2.24, 2.45) is 0 Å². The first-order valence-corrected chi connectivity index (χ1v) is 7.30. The zero-order chi connectivity index (χ0) is 15.9. The lowest BCUT2D eigenvalue weighted by Crippen LogP contribution is -2.71. The second-order valence-electron chi connectivity index (χ2n) is 5.63. The number of aliphatic hydroxyl groups excluding tert-OH is 2. The molecule has 0 bridgehead atoms. The molecule has 0 aromatic heterocycles. The van der Waals surface area contributed by atoms with Crippen molar-refractivity contribution >= 4 is 5.91 Å². The van der Waals surface area contributed by atoms with E-state index in [4.69, 9.17) is 9.47 Å². The molecule has 10 heteroatoms. The lowest BCUT2D eigenvalue weighted by molar-refractivity contribution is -0.135. The topological polar surface area (TPSA) is 127 Å². The maximum Gasteiger partial charge on any atom is 0.242 e. The molecule has 0 aromatic carbocycles. The Morgan fingerprint density at radius 1 is 1.55 bits per heavy atom. The summed E-state index contributed by atoms with van der Waals surface area (Å²) in [5, 5.41) is 31.6. The van der Waals surface area contributed by atoms with E-state index in [1.165, 1.54) is 7.11 Å². The summed E-state index contributed by atoms with van der Waals surface area (Å²) in [6.45, 7) is 0.113. The van der Waals surface area contributed by atoms with Crippen LogP contribution in [0.3, 0.4) is 0 Å². The number of hydrogen-bond donors (Lipinski definition) is 6. The molecule has 0 spiro atoms. The summed E-state index contributed by atoms with van der Waals surface area (Å²) in [5.41, 5.74) is 0. The minimum Gasteiger partial charge on any atom is -0.394 e. The average molecular weight is 317 g/mol. The molecular weight excluding hydrogens is 294 g/mol. The van der Waals surface area contributed by atoms with Crippen LogP contribution in [0.15, 0.2) is 0 Å². The fourth-order valence-corrected chi connectivity index (χ4v) is 3.27. The molecule has 22 heavy (non-hydrogen) atoms. The summed E-state index contributed by atoms with van der Waals surface area (Å²) in [7, 11) is 3.23. The third kappa shape index (κ3) is 2.51. The molecule has 1 amide bonds. The van der Waals surface area contributed by atoms with Crippen molar-refractivity contribution in [1.29, 1.82) is 0 Å². The number of aliphatic hydroxyl groups is 2. The van der Waals surface area contributed by atoms with E-state index in [1.807, 2.05) is 4.90 Å². The summed E-state index contributed by atoms with van der Waals surface area (Å²) in [4.78, 5) is 14.0. The molecule has 0 aliphatic carbocycles. The minimum atomic E-state index is -0.920. The van der Waals surface area contributed by atoms with Gasteiger partial charge in [0.05, 0.1) is 19.4 Å². The summed E-state index contributed by atoms with van der Waals surface area (Å²) in [5.74, 6) is -0.114. The Kier molecular flexibility index (Phi) is 4.61. The van der Waals surface area contributed by atoms with E-state index in [0.29, 0.717) is 6.67 Å². The van der Waals surface area contributed by atoms with Crippen LogP contribution in [0.5, 0.6) is 0 Å². The number of nitrogens with one attached hydrogen (secondary N) is 4. The van der Waals surface area contributed by atoms with Crippen LogP contribution in [0.2, 0.25) is 0 Å². The van der Waals surface area contributed by atoms with Crippen LogP contribution in [0, 0.1) is 0 Å². The van der Waals surface area contributed by atoms with E-state index in [2.05, 4.69) is 21.3 Å². The Morgan fingerprint density at radius 3 is 2.95 bits per heavy atom. The molecule has 126 valence electrons. The molecular formula is C12H23N5O5. The average Bonchev–Trinajstić information content (AvgIpc) is 3.07. The SMILES string of the molecule is CNC1NC(=O)C2NCN(C3OC(CO)C(O)C3OC)C2N1. The molecule has 7 atom stereocenters. The lowest BCUT2D eigenvalue weighted by atomic mass is 10.1. The molecule has 0 saturated carbocycles. The van der Waals surface area contributed by atoms with E-state index in [9.17, 15) is 15.0 Å². The van der Waals surface area contributed by atoms with E-state index in [0.717, 1.165) is 0 Å². The second kappa shape index (κ2) is 6.34. The maximum atomic E-state index is 12.1. The number of rotatable bonds is 4. The molecule has 10 nitrogen and oxygen atoms in total. The van der Waals surface area contributed by atoms with Crippen molar-refractivity contribution in [2.75, 3.05) is 27.4 Å². The van der Waals surface area contributed by atoms with Gasteiger partial charge in [0, 0.05) is 7.11 Å². The van der Waals surface area contributed by atoms with Crippen LogP contribution >= 0.6 is 0 Å². The molecule has 3 aliphatic rings. The van der Waals surface area contributed by atoms with Gasteiger partial charge in [-0.05, 0) is 7.05 Å². The van der Waals surface area contributed by atoms with Crippen molar-refractivity contribution in [1.82, 2.24) is 26.2 Å². The highest BCUT2D eigenvalue weighted by molar-refractivity contribution is 5.84. The van der Waals surface area contributed by atoms with Crippen molar-refractivity contribution in [2.45, 2.75) is 43.0 Å². The van der Waals surface area contributed by atoms with E-state index < -0.39 is 30.6 Å². The van der Waals surface area contributed by atoms with E-state index in [1.54, 1.807) is 7.05 Å². The standard InChI is InChI=1S/C12H23N5O5/c1-13-12-15-9-6(10(20)16-12)14-4-17(9)11-8(21-2)7(19)5(3-18)22-11/h5-9,11-15,18-19H,3-4H2,1-2H3,(H,16,20). The van der Waals surface area contributed by atoms with Crippen LogP contribution in [0.4, 0.5) is 0 Å².